The molecular formula is C23H24N4O2. The van der Waals surface area contributed by atoms with Gasteiger partial charge in [-0.1, -0.05) is 30.3 Å². The molecule has 1 N–H and O–H groups in total. The Hall–Kier alpha value is -3.38. The first-order chi connectivity index (χ1) is 14.2. The summed E-state index contributed by atoms with van der Waals surface area (Å²) in [6, 6.07) is 19.6. The van der Waals surface area contributed by atoms with Crippen LogP contribution in [-0.4, -0.2) is 44.2 Å². The van der Waals surface area contributed by atoms with E-state index in [0.29, 0.717) is 5.56 Å². The number of amides is 1. The number of morpholine rings is 1. The zero-order valence-electron chi connectivity index (χ0n) is 16.4. The van der Waals surface area contributed by atoms with Gasteiger partial charge >= 0.3 is 0 Å². The Labute approximate surface area is 170 Å². The van der Waals surface area contributed by atoms with Crippen molar-refractivity contribution in [3.63, 3.8) is 0 Å². The third kappa shape index (κ3) is 4.38. The molecule has 0 unspecified atom stereocenters. The predicted molar refractivity (Wildman–Crippen MR) is 116 cm³/mol. The molecule has 6 heteroatoms. The van der Waals surface area contributed by atoms with E-state index in [2.05, 4.69) is 21.3 Å². The van der Waals surface area contributed by atoms with Crippen LogP contribution in [-0.2, 0) is 4.74 Å². The molecule has 2 heterocycles. The van der Waals surface area contributed by atoms with Gasteiger partial charge in [-0.25, -0.2) is 0 Å². The average Bonchev–Trinajstić information content (AvgIpc) is 2.80. The van der Waals surface area contributed by atoms with Crippen molar-refractivity contribution >= 4 is 28.7 Å². The maximum atomic E-state index is 12.9. The topological polar surface area (TPSA) is 57.7 Å². The largest absolute Gasteiger partial charge is 0.378 e. The lowest BCUT2D eigenvalue weighted by molar-refractivity contribution is 0.0992. The van der Waals surface area contributed by atoms with E-state index in [1.54, 1.807) is 24.3 Å². The monoisotopic (exact) mass is 388 g/mol. The highest BCUT2D eigenvalue weighted by atomic mass is 16.5. The van der Waals surface area contributed by atoms with Gasteiger partial charge in [0.1, 0.15) is 0 Å². The highest BCUT2D eigenvalue weighted by Crippen LogP contribution is 2.29. The van der Waals surface area contributed by atoms with Crippen LogP contribution in [0.1, 0.15) is 10.4 Å². The van der Waals surface area contributed by atoms with Gasteiger partial charge in [0, 0.05) is 32.0 Å². The zero-order chi connectivity index (χ0) is 20.1. The molecule has 29 heavy (non-hydrogen) atoms. The molecule has 0 atom stereocenters. The smallest absolute Gasteiger partial charge is 0.259 e. The Morgan fingerprint density at radius 3 is 2.55 bits per heavy atom. The van der Waals surface area contributed by atoms with Gasteiger partial charge in [-0.05, 0) is 30.3 Å². The Kier molecular flexibility index (Phi) is 5.72. The van der Waals surface area contributed by atoms with E-state index in [0.717, 1.165) is 49.1 Å². The number of nitrogens with one attached hydrogen (secondary N) is 1. The molecule has 1 saturated heterocycles. The number of anilines is 4. The number of hydrogen-bond acceptors (Lipinski definition) is 5. The molecule has 0 aliphatic carbocycles. The van der Waals surface area contributed by atoms with Gasteiger partial charge < -0.3 is 19.9 Å². The van der Waals surface area contributed by atoms with Crippen LogP contribution in [0.5, 0.6) is 0 Å². The second-order valence-electron chi connectivity index (χ2n) is 6.90. The SMILES string of the molecule is CN(C(=O)c1cncc(Nc2ccccc2N2CCOCC2)c1)c1ccccc1. The van der Waals surface area contributed by atoms with E-state index < -0.39 is 0 Å². The minimum atomic E-state index is -0.103. The molecule has 1 amide bonds. The summed E-state index contributed by atoms with van der Waals surface area (Å²) < 4.78 is 5.47. The Balaban J connectivity index is 1.55. The van der Waals surface area contributed by atoms with Crippen molar-refractivity contribution in [3.8, 4) is 0 Å². The number of carbonyl (C=O) groups excluding carboxylic acids is 1. The number of nitrogens with zero attached hydrogens (tertiary/aromatic N) is 3. The van der Waals surface area contributed by atoms with Crippen molar-refractivity contribution in [3.05, 3.63) is 78.6 Å². The lowest BCUT2D eigenvalue weighted by atomic mass is 10.2. The van der Waals surface area contributed by atoms with Crippen molar-refractivity contribution in [1.82, 2.24) is 4.98 Å². The maximum absolute atomic E-state index is 12.9. The second-order valence-corrected chi connectivity index (χ2v) is 6.90. The number of pyridine rings is 1. The number of ether oxygens (including phenoxy) is 1. The van der Waals surface area contributed by atoms with Crippen molar-refractivity contribution in [1.29, 1.82) is 0 Å². The minimum absolute atomic E-state index is 0.103. The molecule has 6 nitrogen and oxygen atoms in total. The fraction of sp³-hybridized carbons (Fsp3) is 0.217. The lowest BCUT2D eigenvalue weighted by Crippen LogP contribution is -2.36. The highest BCUT2D eigenvalue weighted by Gasteiger charge is 2.16. The summed E-state index contributed by atoms with van der Waals surface area (Å²) in [6.07, 6.45) is 3.33. The van der Waals surface area contributed by atoms with E-state index in [9.17, 15) is 4.79 Å². The van der Waals surface area contributed by atoms with Crippen LogP contribution in [0.3, 0.4) is 0 Å². The van der Waals surface area contributed by atoms with Crippen molar-refractivity contribution < 1.29 is 9.53 Å². The third-order valence-corrected chi connectivity index (χ3v) is 4.97. The fourth-order valence-corrected chi connectivity index (χ4v) is 3.40. The third-order valence-electron chi connectivity index (χ3n) is 4.97. The number of benzene rings is 2. The van der Waals surface area contributed by atoms with Crippen LogP contribution in [0.4, 0.5) is 22.7 Å². The van der Waals surface area contributed by atoms with E-state index >= 15 is 0 Å². The van der Waals surface area contributed by atoms with Crippen LogP contribution in [0.2, 0.25) is 0 Å². The summed E-state index contributed by atoms with van der Waals surface area (Å²) >= 11 is 0. The van der Waals surface area contributed by atoms with Crippen molar-refractivity contribution in [2.24, 2.45) is 0 Å². The molecule has 1 fully saturated rings. The van der Waals surface area contributed by atoms with Crippen LogP contribution in [0.25, 0.3) is 0 Å². The summed E-state index contributed by atoms with van der Waals surface area (Å²) in [4.78, 5) is 21.1. The molecule has 1 aliphatic rings. The highest BCUT2D eigenvalue weighted by molar-refractivity contribution is 6.06. The van der Waals surface area contributed by atoms with E-state index in [1.807, 2.05) is 54.6 Å². The number of para-hydroxylation sites is 3. The zero-order valence-corrected chi connectivity index (χ0v) is 16.4. The molecule has 1 aliphatic heterocycles. The molecule has 3 aromatic rings. The minimum Gasteiger partial charge on any atom is -0.378 e. The van der Waals surface area contributed by atoms with E-state index in [-0.39, 0.29) is 5.91 Å². The van der Waals surface area contributed by atoms with Crippen molar-refractivity contribution in [2.45, 2.75) is 0 Å². The van der Waals surface area contributed by atoms with Gasteiger partial charge in [-0.3, -0.25) is 9.78 Å². The first-order valence-electron chi connectivity index (χ1n) is 9.69. The number of carbonyl (C=O) groups is 1. The standard InChI is InChI=1S/C23H24N4O2/c1-26(20-7-3-2-4-8-20)23(28)18-15-19(17-24-16-18)25-21-9-5-6-10-22(21)27-11-13-29-14-12-27/h2-10,15-17,25H,11-14H2,1H3. The van der Waals surface area contributed by atoms with Gasteiger partial charge in [0.2, 0.25) is 0 Å². The quantitative estimate of drug-likeness (QED) is 0.718. The molecule has 1 aromatic heterocycles. The average molecular weight is 388 g/mol. The Morgan fingerprint density at radius 2 is 1.76 bits per heavy atom. The molecule has 148 valence electrons. The summed E-state index contributed by atoms with van der Waals surface area (Å²) in [7, 11) is 1.77. The molecule has 2 aromatic carbocycles. The normalized spacial score (nSPS) is 13.8. The number of hydrogen-bond donors (Lipinski definition) is 1. The van der Waals surface area contributed by atoms with Gasteiger partial charge in [-0.2, -0.15) is 0 Å². The summed E-state index contributed by atoms with van der Waals surface area (Å²) in [5.74, 6) is -0.103. The number of rotatable bonds is 5. The van der Waals surface area contributed by atoms with Crippen LogP contribution in [0.15, 0.2) is 73.1 Å². The first-order valence-corrected chi connectivity index (χ1v) is 9.69. The van der Waals surface area contributed by atoms with Gasteiger partial charge in [0.25, 0.3) is 5.91 Å². The van der Waals surface area contributed by atoms with Crippen LogP contribution >= 0.6 is 0 Å². The lowest BCUT2D eigenvalue weighted by Gasteiger charge is -2.30. The van der Waals surface area contributed by atoms with Gasteiger partial charge in [0.15, 0.2) is 0 Å². The molecular weight excluding hydrogens is 364 g/mol. The molecule has 0 spiro atoms. The Bertz CT molecular complexity index is 971. The molecule has 0 bridgehead atoms. The predicted octanol–water partition coefficient (Wildman–Crippen LogP) is 3.94. The number of aromatic nitrogens is 1. The summed E-state index contributed by atoms with van der Waals surface area (Å²) in [5.41, 5.74) is 4.25. The molecule has 0 saturated carbocycles. The molecule has 4 rings (SSSR count). The first kappa shape index (κ1) is 19.0. The van der Waals surface area contributed by atoms with E-state index in [4.69, 9.17) is 4.74 Å². The van der Waals surface area contributed by atoms with Crippen LogP contribution < -0.4 is 15.1 Å². The second kappa shape index (κ2) is 8.75. The van der Waals surface area contributed by atoms with Crippen molar-refractivity contribution in [2.75, 3.05) is 48.5 Å². The van der Waals surface area contributed by atoms with E-state index in [1.165, 1.54) is 0 Å². The van der Waals surface area contributed by atoms with Gasteiger partial charge in [-0.15, -0.1) is 0 Å². The fourth-order valence-electron chi connectivity index (χ4n) is 3.40. The summed E-state index contributed by atoms with van der Waals surface area (Å²) in [5, 5.41) is 3.43. The summed E-state index contributed by atoms with van der Waals surface area (Å²) in [6.45, 7) is 3.17. The Morgan fingerprint density at radius 1 is 1.03 bits per heavy atom. The molecule has 0 radical (unpaired) electrons. The van der Waals surface area contributed by atoms with Gasteiger partial charge in [0.05, 0.1) is 42.0 Å². The van der Waals surface area contributed by atoms with Crippen LogP contribution in [0, 0.1) is 0 Å². The maximum Gasteiger partial charge on any atom is 0.259 e.